The second-order valence-electron chi connectivity index (χ2n) is 3.80. The van der Waals surface area contributed by atoms with Gasteiger partial charge in [-0.2, -0.15) is 0 Å². The molecule has 0 aliphatic carbocycles. The van der Waals surface area contributed by atoms with Crippen molar-refractivity contribution in [3.63, 3.8) is 0 Å². The number of carbonyl (C=O) groups excluding carboxylic acids is 2. The zero-order chi connectivity index (χ0) is 15.0. The van der Waals surface area contributed by atoms with Gasteiger partial charge in [0, 0.05) is 18.9 Å². The lowest BCUT2D eigenvalue weighted by molar-refractivity contribution is -0.147. The molecule has 0 radical (unpaired) electrons. The Balaban J connectivity index is 4.32. The third kappa shape index (κ3) is 8.36. The molecule has 19 heavy (non-hydrogen) atoms. The molecule has 0 aromatic carbocycles. The van der Waals surface area contributed by atoms with Crippen molar-refractivity contribution >= 4 is 23.6 Å². The lowest BCUT2D eigenvalue weighted by Crippen LogP contribution is -2.42. The molecule has 0 aliphatic rings. The van der Waals surface area contributed by atoms with Crippen LogP contribution in [0.1, 0.15) is 26.2 Å². The first-order valence-electron chi connectivity index (χ1n) is 5.36. The number of hydrogen-bond donors (Lipinski definition) is 4. The number of hydrogen-bond acceptors (Lipinski definition) is 5. The summed E-state index contributed by atoms with van der Waals surface area (Å²) in [6.45, 7) is 1.23. The highest BCUT2D eigenvalue weighted by Crippen LogP contribution is 2.02. The molecule has 0 heterocycles. The van der Waals surface area contributed by atoms with Crippen molar-refractivity contribution in [1.82, 2.24) is 5.32 Å². The van der Waals surface area contributed by atoms with E-state index in [0.717, 1.165) is 6.08 Å². The molecule has 0 aromatic heterocycles. The Labute approximate surface area is 108 Å². The minimum atomic E-state index is -1.52. The quantitative estimate of drug-likeness (QED) is 0.355. The van der Waals surface area contributed by atoms with Crippen LogP contribution >= 0.6 is 0 Å². The van der Waals surface area contributed by atoms with Gasteiger partial charge in [0.2, 0.25) is 5.91 Å². The fourth-order valence-corrected chi connectivity index (χ4v) is 1.19. The van der Waals surface area contributed by atoms with Crippen molar-refractivity contribution in [3.05, 3.63) is 11.8 Å². The smallest absolute Gasteiger partial charge is 0.326 e. The van der Waals surface area contributed by atoms with E-state index in [1.165, 1.54) is 6.92 Å². The van der Waals surface area contributed by atoms with Gasteiger partial charge in [-0.25, -0.2) is 4.79 Å². The fraction of sp³-hybridized carbons (Fsp3) is 0.455. The average molecular weight is 273 g/mol. The third-order valence-corrected chi connectivity index (χ3v) is 1.99. The van der Waals surface area contributed by atoms with Crippen molar-refractivity contribution in [2.75, 3.05) is 0 Å². The van der Waals surface area contributed by atoms with E-state index in [1.54, 1.807) is 0 Å². The molecule has 8 heteroatoms. The van der Waals surface area contributed by atoms with Gasteiger partial charge in [0.25, 0.3) is 0 Å². The second kappa shape index (κ2) is 7.85. The number of amides is 1. The van der Waals surface area contributed by atoms with Crippen LogP contribution in [-0.2, 0) is 19.2 Å². The van der Waals surface area contributed by atoms with Crippen molar-refractivity contribution in [2.45, 2.75) is 32.2 Å². The Hall–Kier alpha value is -2.38. The first-order valence-corrected chi connectivity index (χ1v) is 5.36. The molecule has 0 aromatic rings. The number of aliphatic hydroxyl groups excluding tert-OH is 1. The van der Waals surface area contributed by atoms with Gasteiger partial charge in [-0.05, 0) is 6.92 Å². The van der Waals surface area contributed by atoms with E-state index in [-0.39, 0.29) is 24.4 Å². The van der Waals surface area contributed by atoms with Crippen molar-refractivity contribution in [3.8, 4) is 0 Å². The number of ketones is 1. The van der Waals surface area contributed by atoms with E-state index in [2.05, 4.69) is 0 Å². The minimum Gasteiger partial charge on any atom is -0.512 e. The van der Waals surface area contributed by atoms with Crippen LogP contribution in [0.4, 0.5) is 0 Å². The average Bonchev–Trinajstić information content (AvgIpc) is 2.23. The molecule has 106 valence electrons. The normalized spacial score (nSPS) is 12.6. The predicted octanol–water partition coefficient (Wildman–Crippen LogP) is -0.158. The van der Waals surface area contributed by atoms with Crippen LogP contribution in [-0.4, -0.2) is 45.0 Å². The number of carboxylic acid groups (broad SMARTS) is 2. The maximum Gasteiger partial charge on any atom is 0.326 e. The molecule has 0 aliphatic heterocycles. The van der Waals surface area contributed by atoms with Gasteiger partial charge in [-0.15, -0.1) is 0 Å². The van der Waals surface area contributed by atoms with Crippen LogP contribution in [0.15, 0.2) is 11.8 Å². The van der Waals surface area contributed by atoms with E-state index in [9.17, 15) is 24.3 Å². The number of aliphatic carboxylic acids is 2. The molecule has 1 unspecified atom stereocenters. The number of aliphatic hydroxyl groups is 1. The molecule has 0 rings (SSSR count). The molecule has 1 amide bonds. The Morgan fingerprint density at radius 3 is 2.11 bits per heavy atom. The zero-order valence-electron chi connectivity index (χ0n) is 10.3. The molecule has 0 saturated heterocycles. The summed E-state index contributed by atoms with van der Waals surface area (Å²) in [6.07, 6.45) is -0.181. The van der Waals surface area contributed by atoms with Gasteiger partial charge in [0.05, 0.1) is 12.2 Å². The largest absolute Gasteiger partial charge is 0.512 e. The Morgan fingerprint density at radius 2 is 1.68 bits per heavy atom. The van der Waals surface area contributed by atoms with Gasteiger partial charge >= 0.3 is 11.9 Å². The highest BCUT2D eigenvalue weighted by atomic mass is 16.4. The van der Waals surface area contributed by atoms with Crippen LogP contribution in [0.2, 0.25) is 0 Å². The van der Waals surface area contributed by atoms with Crippen LogP contribution < -0.4 is 5.32 Å². The van der Waals surface area contributed by atoms with Crippen LogP contribution in [0.3, 0.4) is 0 Å². The van der Waals surface area contributed by atoms with Gasteiger partial charge in [-0.3, -0.25) is 14.4 Å². The maximum atomic E-state index is 11.3. The topological polar surface area (TPSA) is 141 Å². The van der Waals surface area contributed by atoms with E-state index >= 15 is 0 Å². The predicted molar refractivity (Wildman–Crippen MR) is 62.4 cm³/mol. The van der Waals surface area contributed by atoms with Gasteiger partial charge in [0.15, 0.2) is 5.78 Å². The first kappa shape index (κ1) is 16.6. The number of rotatable bonds is 8. The second-order valence-corrected chi connectivity index (χ2v) is 3.80. The maximum absolute atomic E-state index is 11.3. The summed E-state index contributed by atoms with van der Waals surface area (Å²) >= 11 is 0. The van der Waals surface area contributed by atoms with Gasteiger partial charge in [-0.1, -0.05) is 0 Å². The standard InChI is InChI=1S/C11H15NO7/c1-6(13)4-7(14)2-3-9(15)12-8(11(18)19)5-10(16)17/h4,8,14H,2-3,5H2,1H3,(H,12,15)(H,16,17)(H,18,19). The summed E-state index contributed by atoms with van der Waals surface area (Å²) in [5, 5.41) is 28.4. The van der Waals surface area contributed by atoms with E-state index in [4.69, 9.17) is 10.2 Å². The van der Waals surface area contributed by atoms with Gasteiger partial charge < -0.3 is 20.6 Å². The molecular formula is C11H15NO7. The van der Waals surface area contributed by atoms with Crippen molar-refractivity contribution in [2.24, 2.45) is 0 Å². The van der Waals surface area contributed by atoms with Crippen LogP contribution in [0.25, 0.3) is 0 Å². The highest BCUT2D eigenvalue weighted by Gasteiger charge is 2.22. The fourth-order valence-electron chi connectivity index (χ4n) is 1.19. The van der Waals surface area contributed by atoms with Crippen LogP contribution in [0, 0.1) is 0 Å². The Morgan fingerprint density at radius 1 is 1.11 bits per heavy atom. The summed E-state index contributed by atoms with van der Waals surface area (Å²) in [5.41, 5.74) is 0. The SMILES string of the molecule is CC(=O)C=C(O)CCC(=O)NC(CC(=O)O)C(=O)O. The summed E-state index contributed by atoms with van der Waals surface area (Å²) < 4.78 is 0. The number of carbonyl (C=O) groups is 4. The first-order chi connectivity index (χ1) is 8.72. The van der Waals surface area contributed by atoms with Crippen LogP contribution in [0.5, 0.6) is 0 Å². The van der Waals surface area contributed by atoms with Gasteiger partial charge in [0.1, 0.15) is 6.04 Å². The van der Waals surface area contributed by atoms with E-state index < -0.39 is 30.3 Å². The monoisotopic (exact) mass is 273 g/mol. The highest BCUT2D eigenvalue weighted by molar-refractivity contribution is 5.88. The number of carboxylic acids is 2. The molecular weight excluding hydrogens is 258 g/mol. The van der Waals surface area contributed by atoms with E-state index in [1.807, 2.05) is 5.32 Å². The summed E-state index contributed by atoms with van der Waals surface area (Å²) in [5.74, 6) is -4.22. The van der Waals surface area contributed by atoms with Crippen molar-refractivity contribution in [1.29, 1.82) is 0 Å². The Kier molecular flexibility index (Phi) is 6.87. The molecule has 0 saturated carbocycles. The summed E-state index contributed by atoms with van der Waals surface area (Å²) in [4.78, 5) is 43.0. The lowest BCUT2D eigenvalue weighted by atomic mass is 10.2. The third-order valence-electron chi connectivity index (χ3n) is 1.99. The number of allylic oxidation sites excluding steroid dienone is 2. The Bertz CT molecular complexity index is 413. The van der Waals surface area contributed by atoms with E-state index in [0.29, 0.717) is 0 Å². The molecule has 0 spiro atoms. The lowest BCUT2D eigenvalue weighted by Gasteiger charge is -2.12. The molecule has 0 bridgehead atoms. The molecule has 4 N–H and O–H groups in total. The number of nitrogens with one attached hydrogen (secondary N) is 1. The zero-order valence-corrected chi connectivity index (χ0v) is 10.3. The summed E-state index contributed by atoms with van der Waals surface area (Å²) in [6, 6.07) is -1.52. The minimum absolute atomic E-state index is 0.134. The molecule has 1 atom stereocenters. The molecule has 8 nitrogen and oxygen atoms in total. The summed E-state index contributed by atoms with van der Waals surface area (Å²) in [7, 11) is 0. The molecule has 0 fully saturated rings. The van der Waals surface area contributed by atoms with Crippen molar-refractivity contribution < 1.29 is 34.5 Å².